The minimum atomic E-state index is 0.597. The second-order valence-electron chi connectivity index (χ2n) is 3.63. The molecule has 0 aliphatic heterocycles. The molecule has 0 bridgehead atoms. The number of hydrogen-bond donors (Lipinski definition) is 1. The van der Waals surface area contributed by atoms with Crippen molar-refractivity contribution in [2.24, 2.45) is 11.7 Å². The van der Waals surface area contributed by atoms with Gasteiger partial charge in [-0.25, -0.2) is 0 Å². The SMILES string of the molecule is CN(C)CC(CN)CN(C)C. The van der Waals surface area contributed by atoms with Gasteiger partial charge in [0.05, 0.1) is 0 Å². The van der Waals surface area contributed by atoms with Gasteiger partial charge in [0, 0.05) is 13.1 Å². The molecule has 0 saturated heterocycles. The van der Waals surface area contributed by atoms with Crippen LogP contribution in [-0.4, -0.2) is 57.6 Å². The lowest BCUT2D eigenvalue weighted by molar-refractivity contribution is 0.263. The summed E-state index contributed by atoms with van der Waals surface area (Å²) in [4.78, 5) is 4.36. The first-order valence-electron chi connectivity index (χ1n) is 4.05. The Balaban J connectivity index is 3.58. The van der Waals surface area contributed by atoms with Crippen molar-refractivity contribution in [2.45, 2.75) is 0 Å². The first-order valence-corrected chi connectivity index (χ1v) is 4.05. The summed E-state index contributed by atoms with van der Waals surface area (Å²) in [5.74, 6) is 0.597. The lowest BCUT2D eigenvalue weighted by Gasteiger charge is -2.22. The fraction of sp³-hybridized carbons (Fsp3) is 1.00. The van der Waals surface area contributed by atoms with E-state index in [-0.39, 0.29) is 0 Å². The summed E-state index contributed by atoms with van der Waals surface area (Å²) in [5, 5.41) is 0. The highest BCUT2D eigenvalue weighted by atomic mass is 15.1. The number of nitrogens with two attached hydrogens (primary N) is 1. The van der Waals surface area contributed by atoms with Crippen molar-refractivity contribution in [1.82, 2.24) is 9.80 Å². The molecular weight excluding hydrogens is 138 g/mol. The standard InChI is InChI=1S/C8H21N3/c1-10(2)6-8(5-9)7-11(3)4/h8H,5-7,9H2,1-4H3. The first kappa shape index (κ1) is 10.9. The molecule has 3 heteroatoms. The monoisotopic (exact) mass is 159 g/mol. The molecule has 0 aliphatic rings. The van der Waals surface area contributed by atoms with Crippen molar-refractivity contribution in [3.05, 3.63) is 0 Å². The van der Waals surface area contributed by atoms with E-state index in [0.717, 1.165) is 19.6 Å². The molecule has 0 rings (SSSR count). The van der Waals surface area contributed by atoms with Gasteiger partial charge in [-0.3, -0.25) is 0 Å². The Morgan fingerprint density at radius 3 is 1.55 bits per heavy atom. The topological polar surface area (TPSA) is 32.5 Å². The third-order valence-corrected chi connectivity index (χ3v) is 1.58. The summed E-state index contributed by atoms with van der Waals surface area (Å²) in [6.07, 6.45) is 0. The third-order valence-electron chi connectivity index (χ3n) is 1.58. The van der Waals surface area contributed by atoms with E-state index < -0.39 is 0 Å². The van der Waals surface area contributed by atoms with Crippen LogP contribution in [0.5, 0.6) is 0 Å². The highest BCUT2D eigenvalue weighted by Gasteiger charge is 2.08. The molecule has 0 saturated carbocycles. The summed E-state index contributed by atoms with van der Waals surface area (Å²) in [6, 6.07) is 0. The Kier molecular flexibility index (Phi) is 5.46. The van der Waals surface area contributed by atoms with Crippen LogP contribution in [0.1, 0.15) is 0 Å². The van der Waals surface area contributed by atoms with Gasteiger partial charge in [-0.05, 0) is 40.7 Å². The van der Waals surface area contributed by atoms with Gasteiger partial charge >= 0.3 is 0 Å². The maximum Gasteiger partial charge on any atom is 0.00279 e. The van der Waals surface area contributed by atoms with Crippen LogP contribution in [0.2, 0.25) is 0 Å². The maximum absolute atomic E-state index is 5.62. The molecular formula is C8H21N3. The normalized spacial score (nSPS) is 12.0. The number of nitrogens with zero attached hydrogens (tertiary/aromatic N) is 2. The Morgan fingerprint density at radius 1 is 1.00 bits per heavy atom. The summed E-state index contributed by atoms with van der Waals surface area (Å²) >= 11 is 0. The predicted molar refractivity (Wildman–Crippen MR) is 49.7 cm³/mol. The second-order valence-corrected chi connectivity index (χ2v) is 3.63. The van der Waals surface area contributed by atoms with Gasteiger partial charge in [0.15, 0.2) is 0 Å². The zero-order valence-electron chi connectivity index (χ0n) is 8.17. The summed E-state index contributed by atoms with van der Waals surface area (Å²) in [7, 11) is 8.33. The van der Waals surface area contributed by atoms with Crippen LogP contribution in [-0.2, 0) is 0 Å². The molecule has 0 amide bonds. The quantitative estimate of drug-likeness (QED) is 0.597. The second kappa shape index (κ2) is 5.52. The first-order chi connectivity index (χ1) is 5.06. The van der Waals surface area contributed by atoms with Crippen molar-refractivity contribution in [2.75, 3.05) is 47.8 Å². The Morgan fingerprint density at radius 2 is 1.36 bits per heavy atom. The minimum Gasteiger partial charge on any atom is -0.330 e. The van der Waals surface area contributed by atoms with Gasteiger partial charge in [0.2, 0.25) is 0 Å². The lowest BCUT2D eigenvalue weighted by Crippen LogP contribution is -2.35. The van der Waals surface area contributed by atoms with Crippen molar-refractivity contribution in [3.63, 3.8) is 0 Å². The van der Waals surface area contributed by atoms with E-state index in [1.165, 1.54) is 0 Å². The maximum atomic E-state index is 5.62. The van der Waals surface area contributed by atoms with E-state index >= 15 is 0 Å². The van der Waals surface area contributed by atoms with Crippen LogP contribution < -0.4 is 5.73 Å². The molecule has 11 heavy (non-hydrogen) atoms. The Bertz CT molecular complexity index is 81.3. The Hall–Kier alpha value is -0.120. The highest BCUT2D eigenvalue weighted by molar-refractivity contribution is 4.64. The van der Waals surface area contributed by atoms with Crippen LogP contribution in [0.25, 0.3) is 0 Å². The van der Waals surface area contributed by atoms with Gasteiger partial charge < -0.3 is 15.5 Å². The van der Waals surface area contributed by atoms with Gasteiger partial charge in [-0.15, -0.1) is 0 Å². The van der Waals surface area contributed by atoms with Crippen LogP contribution in [0, 0.1) is 5.92 Å². The third kappa shape index (κ3) is 6.28. The van der Waals surface area contributed by atoms with Crippen molar-refractivity contribution in [3.8, 4) is 0 Å². The largest absolute Gasteiger partial charge is 0.330 e. The van der Waals surface area contributed by atoms with Crippen LogP contribution in [0.15, 0.2) is 0 Å². The molecule has 0 aliphatic carbocycles. The average molecular weight is 159 g/mol. The fourth-order valence-electron chi connectivity index (χ4n) is 1.24. The molecule has 0 spiro atoms. The van der Waals surface area contributed by atoms with Crippen LogP contribution in [0.4, 0.5) is 0 Å². The zero-order chi connectivity index (χ0) is 8.85. The predicted octanol–water partition coefficient (Wildman–Crippen LogP) is -0.315. The molecule has 0 unspecified atom stereocenters. The van der Waals surface area contributed by atoms with E-state index in [4.69, 9.17) is 5.73 Å². The van der Waals surface area contributed by atoms with E-state index in [1.807, 2.05) is 0 Å². The molecule has 0 atom stereocenters. The van der Waals surface area contributed by atoms with Gasteiger partial charge in [-0.2, -0.15) is 0 Å². The van der Waals surface area contributed by atoms with Gasteiger partial charge in [-0.1, -0.05) is 0 Å². The Labute approximate surface area is 70.2 Å². The van der Waals surface area contributed by atoms with Crippen LogP contribution in [0.3, 0.4) is 0 Å². The molecule has 0 heterocycles. The molecule has 0 aromatic rings. The molecule has 68 valence electrons. The van der Waals surface area contributed by atoms with E-state index in [2.05, 4.69) is 38.0 Å². The zero-order valence-corrected chi connectivity index (χ0v) is 8.17. The van der Waals surface area contributed by atoms with Crippen LogP contribution >= 0.6 is 0 Å². The number of hydrogen-bond acceptors (Lipinski definition) is 3. The van der Waals surface area contributed by atoms with Gasteiger partial charge in [0.1, 0.15) is 0 Å². The minimum absolute atomic E-state index is 0.597. The molecule has 0 aromatic carbocycles. The highest BCUT2D eigenvalue weighted by Crippen LogP contribution is 1.96. The molecule has 0 fully saturated rings. The molecule has 0 radical (unpaired) electrons. The van der Waals surface area contributed by atoms with E-state index in [0.29, 0.717) is 5.92 Å². The molecule has 3 nitrogen and oxygen atoms in total. The van der Waals surface area contributed by atoms with Gasteiger partial charge in [0.25, 0.3) is 0 Å². The molecule has 2 N–H and O–H groups in total. The van der Waals surface area contributed by atoms with Crippen molar-refractivity contribution in [1.29, 1.82) is 0 Å². The average Bonchev–Trinajstić information content (AvgIpc) is 1.84. The van der Waals surface area contributed by atoms with E-state index in [9.17, 15) is 0 Å². The number of rotatable bonds is 5. The fourth-order valence-corrected chi connectivity index (χ4v) is 1.24. The smallest absolute Gasteiger partial charge is 0.00279 e. The summed E-state index contributed by atoms with van der Waals surface area (Å²) in [6.45, 7) is 2.93. The van der Waals surface area contributed by atoms with Crippen molar-refractivity contribution >= 4 is 0 Å². The lowest BCUT2D eigenvalue weighted by atomic mass is 10.1. The summed E-state index contributed by atoms with van der Waals surface area (Å²) < 4.78 is 0. The van der Waals surface area contributed by atoms with Crippen molar-refractivity contribution < 1.29 is 0 Å². The van der Waals surface area contributed by atoms with E-state index in [1.54, 1.807) is 0 Å². The molecule has 0 aromatic heterocycles. The summed E-state index contributed by atoms with van der Waals surface area (Å²) in [5.41, 5.74) is 5.62.